The van der Waals surface area contributed by atoms with Crippen LogP contribution in [0.2, 0.25) is 0 Å². The van der Waals surface area contributed by atoms with Gasteiger partial charge in [0.15, 0.2) is 0 Å². The van der Waals surface area contributed by atoms with Gasteiger partial charge >= 0.3 is 6.03 Å². The molecule has 10 heteroatoms. The largest absolute Gasteiger partial charge is 0.368 e. The highest BCUT2D eigenvalue weighted by molar-refractivity contribution is 6.01. The summed E-state index contributed by atoms with van der Waals surface area (Å²) < 4.78 is 27.5. The number of hydrogen-bond acceptors (Lipinski definition) is 5. The number of para-hydroxylation sites is 1. The standard InChI is InChI=1S/C20H21F2N7O/c1-28-7-9-29(10-8-28)13-5-6-16(23-11-13)19-17(12-24-27-19)25-20(30)26-18-14(21)3-2-4-15(18)22/h2-6,11-12H,7-10H2,1H3,(H,24,27)(H2,25,26,30). The van der Waals surface area contributed by atoms with Crippen molar-refractivity contribution in [3.8, 4) is 11.4 Å². The van der Waals surface area contributed by atoms with Crippen molar-refractivity contribution in [3.63, 3.8) is 0 Å². The van der Waals surface area contributed by atoms with Crippen LogP contribution in [-0.4, -0.2) is 59.3 Å². The van der Waals surface area contributed by atoms with Crippen molar-refractivity contribution in [2.45, 2.75) is 0 Å². The minimum Gasteiger partial charge on any atom is -0.368 e. The van der Waals surface area contributed by atoms with Crippen molar-refractivity contribution < 1.29 is 13.6 Å². The molecule has 3 heterocycles. The average molecular weight is 413 g/mol. The number of piperazine rings is 1. The fourth-order valence-corrected chi connectivity index (χ4v) is 3.25. The van der Waals surface area contributed by atoms with Crippen LogP contribution in [0.15, 0.2) is 42.7 Å². The van der Waals surface area contributed by atoms with E-state index in [1.807, 2.05) is 12.1 Å². The molecule has 1 fully saturated rings. The van der Waals surface area contributed by atoms with E-state index < -0.39 is 23.4 Å². The lowest BCUT2D eigenvalue weighted by atomic mass is 10.2. The van der Waals surface area contributed by atoms with Gasteiger partial charge in [-0.15, -0.1) is 0 Å². The first kappa shape index (κ1) is 19.8. The summed E-state index contributed by atoms with van der Waals surface area (Å²) in [5.41, 5.74) is 1.91. The van der Waals surface area contributed by atoms with Crippen LogP contribution in [0.1, 0.15) is 0 Å². The Kier molecular flexibility index (Phi) is 5.57. The molecule has 3 N–H and O–H groups in total. The number of carbonyl (C=O) groups is 1. The van der Waals surface area contributed by atoms with Gasteiger partial charge in [-0.25, -0.2) is 13.6 Å². The summed E-state index contributed by atoms with van der Waals surface area (Å²) in [7, 11) is 2.10. The third-order valence-corrected chi connectivity index (χ3v) is 4.96. The summed E-state index contributed by atoms with van der Waals surface area (Å²) in [5.74, 6) is -1.72. The molecule has 0 atom stereocenters. The van der Waals surface area contributed by atoms with E-state index >= 15 is 0 Å². The second-order valence-corrected chi connectivity index (χ2v) is 7.03. The van der Waals surface area contributed by atoms with Crippen LogP contribution in [0.5, 0.6) is 0 Å². The van der Waals surface area contributed by atoms with E-state index in [-0.39, 0.29) is 0 Å². The number of benzene rings is 1. The second kappa shape index (κ2) is 8.46. The van der Waals surface area contributed by atoms with E-state index in [4.69, 9.17) is 0 Å². The van der Waals surface area contributed by atoms with E-state index in [0.29, 0.717) is 17.1 Å². The van der Waals surface area contributed by atoms with Gasteiger partial charge in [0.25, 0.3) is 0 Å². The van der Waals surface area contributed by atoms with E-state index in [0.717, 1.165) is 44.0 Å². The van der Waals surface area contributed by atoms with Gasteiger partial charge in [0.2, 0.25) is 0 Å². The summed E-state index contributed by atoms with van der Waals surface area (Å²) in [6, 6.07) is 6.35. The highest BCUT2D eigenvalue weighted by Gasteiger charge is 2.17. The molecule has 1 aliphatic heterocycles. The number of hydrogen-bond donors (Lipinski definition) is 3. The predicted molar refractivity (Wildman–Crippen MR) is 111 cm³/mol. The minimum absolute atomic E-state index is 0.337. The van der Waals surface area contributed by atoms with E-state index in [1.54, 1.807) is 6.20 Å². The number of urea groups is 1. The molecule has 0 bridgehead atoms. The normalized spacial score (nSPS) is 14.6. The molecule has 3 aromatic rings. The number of halogens is 2. The Morgan fingerprint density at radius 3 is 2.43 bits per heavy atom. The van der Waals surface area contributed by atoms with Gasteiger partial charge in [-0.05, 0) is 31.3 Å². The van der Waals surface area contributed by atoms with Crippen LogP contribution >= 0.6 is 0 Å². The Balaban J connectivity index is 1.46. The lowest BCUT2D eigenvalue weighted by Crippen LogP contribution is -2.44. The van der Waals surface area contributed by atoms with Crippen LogP contribution in [-0.2, 0) is 0 Å². The Morgan fingerprint density at radius 1 is 1.03 bits per heavy atom. The van der Waals surface area contributed by atoms with Gasteiger partial charge in [0.1, 0.15) is 23.0 Å². The van der Waals surface area contributed by atoms with Gasteiger partial charge in [-0.2, -0.15) is 5.10 Å². The van der Waals surface area contributed by atoms with Gasteiger partial charge in [-0.1, -0.05) is 6.07 Å². The van der Waals surface area contributed by atoms with Crippen LogP contribution in [0.3, 0.4) is 0 Å². The SMILES string of the molecule is CN1CCN(c2ccc(-c3[nH]ncc3NC(=O)Nc3c(F)cccc3F)nc2)CC1. The Hall–Kier alpha value is -3.53. The molecule has 0 radical (unpaired) electrons. The molecule has 4 rings (SSSR count). The third kappa shape index (κ3) is 4.23. The highest BCUT2D eigenvalue weighted by atomic mass is 19.1. The van der Waals surface area contributed by atoms with Gasteiger partial charge in [-0.3, -0.25) is 10.1 Å². The maximum atomic E-state index is 13.7. The molecule has 1 aliphatic rings. The number of amides is 2. The van der Waals surface area contributed by atoms with Crippen LogP contribution in [0, 0.1) is 11.6 Å². The minimum atomic E-state index is -0.862. The Bertz CT molecular complexity index is 1010. The summed E-state index contributed by atoms with van der Waals surface area (Å²) in [6.45, 7) is 3.85. The Labute approximate surface area is 171 Å². The molecule has 0 unspecified atom stereocenters. The molecule has 0 aliphatic carbocycles. The number of anilines is 3. The van der Waals surface area contributed by atoms with Crippen molar-refractivity contribution in [3.05, 3.63) is 54.4 Å². The van der Waals surface area contributed by atoms with Gasteiger partial charge in [0, 0.05) is 26.2 Å². The maximum absolute atomic E-state index is 13.7. The first-order valence-electron chi connectivity index (χ1n) is 9.46. The summed E-state index contributed by atoms with van der Waals surface area (Å²) >= 11 is 0. The van der Waals surface area contributed by atoms with Crippen LogP contribution < -0.4 is 15.5 Å². The predicted octanol–water partition coefficient (Wildman–Crippen LogP) is 3.15. The summed E-state index contributed by atoms with van der Waals surface area (Å²) in [5, 5.41) is 11.5. The maximum Gasteiger partial charge on any atom is 0.323 e. The highest BCUT2D eigenvalue weighted by Crippen LogP contribution is 2.26. The Morgan fingerprint density at radius 2 is 1.77 bits per heavy atom. The van der Waals surface area contributed by atoms with Crippen molar-refractivity contribution in [1.82, 2.24) is 20.1 Å². The monoisotopic (exact) mass is 413 g/mol. The molecular formula is C20H21F2N7O. The zero-order valence-corrected chi connectivity index (χ0v) is 16.3. The number of nitrogens with zero attached hydrogens (tertiary/aromatic N) is 4. The summed E-state index contributed by atoms with van der Waals surface area (Å²) in [6.07, 6.45) is 3.18. The quantitative estimate of drug-likeness (QED) is 0.612. The lowest BCUT2D eigenvalue weighted by Gasteiger charge is -2.33. The van der Waals surface area contributed by atoms with E-state index in [2.05, 4.69) is 42.7 Å². The molecule has 2 aromatic heterocycles. The van der Waals surface area contributed by atoms with Crippen molar-refractivity contribution in [2.75, 3.05) is 48.8 Å². The summed E-state index contributed by atoms with van der Waals surface area (Å²) in [4.78, 5) is 21.2. The average Bonchev–Trinajstić information content (AvgIpc) is 3.19. The number of pyridine rings is 1. The molecule has 156 valence electrons. The zero-order valence-electron chi connectivity index (χ0n) is 16.3. The molecule has 0 spiro atoms. The molecule has 1 aromatic carbocycles. The fraction of sp³-hybridized carbons (Fsp3) is 0.250. The zero-order chi connectivity index (χ0) is 21.1. The number of H-pyrrole nitrogens is 1. The topological polar surface area (TPSA) is 89.2 Å². The van der Waals surface area contributed by atoms with Crippen LogP contribution in [0.4, 0.5) is 30.6 Å². The molecule has 8 nitrogen and oxygen atoms in total. The smallest absolute Gasteiger partial charge is 0.323 e. The molecular weight excluding hydrogens is 392 g/mol. The van der Waals surface area contributed by atoms with Gasteiger partial charge < -0.3 is 20.4 Å². The second-order valence-electron chi connectivity index (χ2n) is 7.03. The van der Waals surface area contributed by atoms with Gasteiger partial charge in [0.05, 0.1) is 29.5 Å². The molecule has 2 amide bonds. The van der Waals surface area contributed by atoms with Crippen molar-refractivity contribution in [2.24, 2.45) is 0 Å². The van der Waals surface area contributed by atoms with E-state index in [9.17, 15) is 13.6 Å². The lowest BCUT2D eigenvalue weighted by molar-refractivity contribution is 0.262. The molecule has 0 saturated carbocycles. The molecule has 1 saturated heterocycles. The number of carbonyl (C=O) groups excluding carboxylic acids is 1. The first-order chi connectivity index (χ1) is 14.5. The van der Waals surface area contributed by atoms with Crippen molar-refractivity contribution in [1.29, 1.82) is 0 Å². The number of aromatic amines is 1. The number of nitrogens with one attached hydrogen (secondary N) is 3. The molecule has 30 heavy (non-hydrogen) atoms. The fourth-order valence-electron chi connectivity index (χ4n) is 3.25. The third-order valence-electron chi connectivity index (χ3n) is 4.96. The van der Waals surface area contributed by atoms with E-state index in [1.165, 1.54) is 12.3 Å². The first-order valence-corrected chi connectivity index (χ1v) is 9.46. The van der Waals surface area contributed by atoms with Crippen molar-refractivity contribution >= 4 is 23.1 Å². The van der Waals surface area contributed by atoms with Crippen LogP contribution in [0.25, 0.3) is 11.4 Å². The number of likely N-dealkylation sites (N-methyl/N-ethyl adjacent to an activating group) is 1. The number of aromatic nitrogens is 3. The number of rotatable bonds is 4.